The molecule has 0 saturated carbocycles. The van der Waals surface area contributed by atoms with Crippen LogP contribution in [0.25, 0.3) is 0 Å². The van der Waals surface area contributed by atoms with Gasteiger partial charge in [0, 0.05) is 11.3 Å². The van der Waals surface area contributed by atoms with Crippen LogP contribution in [0.1, 0.15) is 36.2 Å². The van der Waals surface area contributed by atoms with Gasteiger partial charge in [-0.25, -0.2) is 8.78 Å². The monoisotopic (exact) mass is 229 g/mol. The molecule has 1 rings (SSSR count). The quantitative estimate of drug-likeness (QED) is 0.638. The Morgan fingerprint density at radius 1 is 1.50 bits per heavy atom. The predicted octanol–water partition coefficient (Wildman–Crippen LogP) is 2.81. The van der Waals surface area contributed by atoms with Crippen molar-refractivity contribution < 1.29 is 18.3 Å². The number of Topliss-reactive ketones (excluding diaryl/α,β-unsaturated/α-hetero) is 1. The van der Waals surface area contributed by atoms with Crippen molar-refractivity contribution in [3.8, 4) is 5.75 Å². The number of anilines is 1. The van der Waals surface area contributed by atoms with Gasteiger partial charge in [0.1, 0.15) is 5.75 Å². The Balaban J connectivity index is 3.33. The molecule has 0 spiro atoms. The Morgan fingerprint density at radius 3 is 2.56 bits per heavy atom. The first kappa shape index (κ1) is 12.4. The molecule has 0 aliphatic heterocycles. The minimum atomic E-state index is -2.64. The van der Waals surface area contributed by atoms with Gasteiger partial charge in [-0.2, -0.15) is 0 Å². The molecule has 2 N–H and O–H groups in total. The van der Waals surface area contributed by atoms with Crippen LogP contribution in [0.3, 0.4) is 0 Å². The molecule has 16 heavy (non-hydrogen) atoms. The van der Waals surface area contributed by atoms with E-state index in [0.717, 1.165) is 12.1 Å². The van der Waals surface area contributed by atoms with Crippen LogP contribution in [0, 0.1) is 0 Å². The second-order valence-corrected chi connectivity index (χ2v) is 3.27. The summed E-state index contributed by atoms with van der Waals surface area (Å²) in [6.07, 6.45) is -2.64. The van der Waals surface area contributed by atoms with Crippen molar-refractivity contribution in [2.24, 2.45) is 0 Å². The van der Waals surface area contributed by atoms with Gasteiger partial charge in [0.2, 0.25) is 0 Å². The Hall–Kier alpha value is -1.65. The smallest absolute Gasteiger partial charge is 0.264 e. The third-order valence-electron chi connectivity index (χ3n) is 2.06. The number of halogens is 2. The van der Waals surface area contributed by atoms with Gasteiger partial charge in [0.15, 0.2) is 5.78 Å². The van der Waals surface area contributed by atoms with Crippen LogP contribution in [0.5, 0.6) is 5.75 Å². The predicted molar refractivity (Wildman–Crippen MR) is 57.0 cm³/mol. The molecule has 0 atom stereocenters. The van der Waals surface area contributed by atoms with Crippen LogP contribution >= 0.6 is 0 Å². The maximum Gasteiger partial charge on any atom is 0.264 e. The zero-order valence-corrected chi connectivity index (χ0v) is 9.09. The van der Waals surface area contributed by atoms with E-state index in [-0.39, 0.29) is 35.0 Å². The maximum absolute atomic E-state index is 12.5. The molecule has 5 heteroatoms. The Labute approximate surface area is 92.2 Å². The first-order chi connectivity index (χ1) is 7.47. The van der Waals surface area contributed by atoms with E-state index in [0.29, 0.717) is 0 Å². The average molecular weight is 229 g/mol. The van der Waals surface area contributed by atoms with Gasteiger partial charge in [-0.15, -0.1) is 0 Å². The van der Waals surface area contributed by atoms with E-state index < -0.39 is 6.43 Å². The van der Waals surface area contributed by atoms with Crippen molar-refractivity contribution in [3.63, 3.8) is 0 Å². The minimum Gasteiger partial charge on any atom is -0.493 e. The molecule has 0 radical (unpaired) electrons. The molecule has 0 heterocycles. The molecule has 0 aliphatic rings. The molecule has 0 aromatic heterocycles. The van der Waals surface area contributed by atoms with Gasteiger partial charge in [-0.05, 0) is 26.0 Å². The molecule has 1 aromatic rings. The Kier molecular flexibility index (Phi) is 3.82. The van der Waals surface area contributed by atoms with Crippen LogP contribution in [0.2, 0.25) is 0 Å². The maximum atomic E-state index is 12.5. The number of ether oxygens (including phenoxy) is 1. The van der Waals surface area contributed by atoms with E-state index in [9.17, 15) is 13.6 Å². The average Bonchev–Trinajstić information content (AvgIpc) is 2.16. The fourth-order valence-electron chi connectivity index (χ4n) is 1.43. The number of nitrogens with two attached hydrogens (primary N) is 1. The van der Waals surface area contributed by atoms with E-state index in [2.05, 4.69) is 0 Å². The van der Waals surface area contributed by atoms with Crippen molar-refractivity contribution in [2.75, 3.05) is 12.3 Å². The first-order valence-corrected chi connectivity index (χ1v) is 4.82. The van der Waals surface area contributed by atoms with Crippen LogP contribution in [-0.2, 0) is 0 Å². The third-order valence-corrected chi connectivity index (χ3v) is 2.06. The molecule has 0 bridgehead atoms. The van der Waals surface area contributed by atoms with Crippen LogP contribution in [0.4, 0.5) is 14.5 Å². The number of hydrogen-bond donors (Lipinski definition) is 1. The van der Waals surface area contributed by atoms with Gasteiger partial charge >= 0.3 is 0 Å². The SMILES string of the molecule is CCOc1cc(C(F)F)cc(N)c1C(C)=O. The number of ketones is 1. The van der Waals surface area contributed by atoms with Crippen molar-refractivity contribution in [3.05, 3.63) is 23.3 Å². The van der Waals surface area contributed by atoms with E-state index in [4.69, 9.17) is 10.5 Å². The normalized spacial score (nSPS) is 10.6. The molecule has 1 aromatic carbocycles. The Morgan fingerprint density at radius 2 is 2.12 bits per heavy atom. The lowest BCUT2D eigenvalue weighted by atomic mass is 10.0. The number of carbonyl (C=O) groups is 1. The molecule has 0 saturated heterocycles. The van der Waals surface area contributed by atoms with Gasteiger partial charge in [0.05, 0.1) is 12.2 Å². The third kappa shape index (κ3) is 2.48. The summed E-state index contributed by atoms with van der Waals surface area (Å²) in [5.41, 5.74) is 5.49. The standard InChI is InChI=1S/C11H13F2NO2/c1-3-16-9-5-7(11(12)13)4-8(14)10(9)6(2)15/h4-5,11H,3,14H2,1-2H3. The van der Waals surface area contributed by atoms with Crippen molar-refractivity contribution >= 4 is 11.5 Å². The number of carbonyl (C=O) groups excluding carboxylic acids is 1. The summed E-state index contributed by atoms with van der Waals surface area (Å²) in [4.78, 5) is 11.3. The van der Waals surface area contributed by atoms with Crippen LogP contribution in [0.15, 0.2) is 12.1 Å². The Bertz CT molecular complexity index is 405. The van der Waals surface area contributed by atoms with Gasteiger partial charge in [-0.1, -0.05) is 0 Å². The molecule has 3 nitrogen and oxygen atoms in total. The number of hydrogen-bond acceptors (Lipinski definition) is 3. The lowest BCUT2D eigenvalue weighted by molar-refractivity contribution is 0.101. The van der Waals surface area contributed by atoms with Crippen molar-refractivity contribution in [2.45, 2.75) is 20.3 Å². The van der Waals surface area contributed by atoms with Crippen molar-refractivity contribution in [1.82, 2.24) is 0 Å². The van der Waals surface area contributed by atoms with E-state index in [1.165, 1.54) is 6.92 Å². The number of rotatable bonds is 4. The molecule has 0 aliphatic carbocycles. The fraction of sp³-hybridized carbons (Fsp3) is 0.364. The molecule has 0 unspecified atom stereocenters. The molecule has 88 valence electrons. The van der Waals surface area contributed by atoms with Crippen LogP contribution < -0.4 is 10.5 Å². The number of benzene rings is 1. The topological polar surface area (TPSA) is 52.3 Å². The van der Waals surface area contributed by atoms with E-state index >= 15 is 0 Å². The summed E-state index contributed by atoms with van der Waals surface area (Å²) in [6, 6.07) is 2.26. The summed E-state index contributed by atoms with van der Waals surface area (Å²) in [7, 11) is 0. The minimum absolute atomic E-state index is 0.0220. The van der Waals surface area contributed by atoms with E-state index in [1.807, 2.05) is 0 Å². The summed E-state index contributed by atoms with van der Waals surface area (Å²) < 4.78 is 30.1. The lowest BCUT2D eigenvalue weighted by Crippen LogP contribution is -2.06. The number of alkyl halides is 2. The highest BCUT2D eigenvalue weighted by Gasteiger charge is 2.17. The first-order valence-electron chi connectivity index (χ1n) is 4.82. The lowest BCUT2D eigenvalue weighted by Gasteiger charge is -2.12. The second-order valence-electron chi connectivity index (χ2n) is 3.27. The van der Waals surface area contributed by atoms with Crippen LogP contribution in [-0.4, -0.2) is 12.4 Å². The summed E-state index contributed by atoms with van der Waals surface area (Å²) in [5, 5.41) is 0. The summed E-state index contributed by atoms with van der Waals surface area (Å²) >= 11 is 0. The van der Waals surface area contributed by atoms with Gasteiger partial charge < -0.3 is 10.5 Å². The highest BCUT2D eigenvalue weighted by Crippen LogP contribution is 2.31. The second kappa shape index (κ2) is 4.92. The highest BCUT2D eigenvalue weighted by molar-refractivity contribution is 6.02. The molecule has 0 amide bonds. The zero-order chi connectivity index (χ0) is 12.3. The summed E-state index contributed by atoms with van der Waals surface area (Å²) in [5.74, 6) is -0.188. The molecular formula is C11H13F2NO2. The number of nitrogen functional groups attached to an aromatic ring is 1. The molecule has 0 fully saturated rings. The highest BCUT2D eigenvalue weighted by atomic mass is 19.3. The summed E-state index contributed by atoms with van der Waals surface area (Å²) in [6.45, 7) is 3.30. The van der Waals surface area contributed by atoms with Gasteiger partial charge in [-0.3, -0.25) is 4.79 Å². The fourth-order valence-corrected chi connectivity index (χ4v) is 1.43. The van der Waals surface area contributed by atoms with Gasteiger partial charge in [0.25, 0.3) is 6.43 Å². The zero-order valence-electron chi connectivity index (χ0n) is 9.09. The largest absolute Gasteiger partial charge is 0.493 e. The van der Waals surface area contributed by atoms with E-state index in [1.54, 1.807) is 6.92 Å². The molecular weight excluding hydrogens is 216 g/mol. The van der Waals surface area contributed by atoms with Crippen molar-refractivity contribution in [1.29, 1.82) is 0 Å².